The predicted molar refractivity (Wildman–Crippen MR) is 83.1 cm³/mol. The van der Waals surface area contributed by atoms with Gasteiger partial charge in [-0.1, -0.05) is 20.3 Å². The first-order valence-electron chi connectivity index (χ1n) is 8.04. The molecule has 0 radical (unpaired) electrons. The Morgan fingerprint density at radius 3 is 2.33 bits per heavy atom. The normalized spacial score (nSPS) is 25.1. The van der Waals surface area contributed by atoms with E-state index in [1.807, 2.05) is 14.0 Å². The predicted octanol–water partition coefficient (Wildman–Crippen LogP) is 2.26. The van der Waals surface area contributed by atoms with Crippen molar-refractivity contribution in [3.63, 3.8) is 0 Å². The highest BCUT2D eigenvalue weighted by molar-refractivity contribution is 5.82. The van der Waals surface area contributed by atoms with Crippen LogP contribution in [0.5, 0.6) is 0 Å². The van der Waals surface area contributed by atoms with E-state index in [9.17, 15) is 14.7 Å². The first-order valence-corrected chi connectivity index (χ1v) is 8.04. The van der Waals surface area contributed by atoms with Gasteiger partial charge in [-0.3, -0.25) is 14.9 Å². The summed E-state index contributed by atoms with van der Waals surface area (Å²) in [5.74, 6) is -0.160. The maximum Gasteiger partial charge on any atom is 0.323 e. The molecule has 1 rings (SSSR count). The lowest BCUT2D eigenvalue weighted by atomic mass is 9.87. The first-order chi connectivity index (χ1) is 9.80. The van der Waals surface area contributed by atoms with Crippen LogP contribution in [0.3, 0.4) is 0 Å². The number of hydrogen-bond donors (Lipinski definition) is 2. The molecule has 0 aromatic rings. The molecule has 2 N–H and O–H groups in total. The molecule has 0 spiro atoms. The van der Waals surface area contributed by atoms with Crippen LogP contribution in [0.4, 0.5) is 0 Å². The van der Waals surface area contributed by atoms with E-state index >= 15 is 0 Å². The fraction of sp³-hybridized carbons (Fsp3) is 0.875. The molecule has 21 heavy (non-hydrogen) atoms. The summed E-state index contributed by atoms with van der Waals surface area (Å²) in [6.45, 7) is 5.93. The summed E-state index contributed by atoms with van der Waals surface area (Å²) in [7, 11) is 1.84. The highest BCUT2D eigenvalue weighted by atomic mass is 16.4. The molecule has 1 unspecified atom stereocenters. The fourth-order valence-electron chi connectivity index (χ4n) is 3.00. The molecule has 1 amide bonds. The number of nitrogens with one attached hydrogen (secondary N) is 1. The van der Waals surface area contributed by atoms with Crippen LogP contribution in [0.1, 0.15) is 59.3 Å². The summed E-state index contributed by atoms with van der Waals surface area (Å²) in [5, 5.41) is 12.2. The smallest absolute Gasteiger partial charge is 0.323 e. The van der Waals surface area contributed by atoms with Gasteiger partial charge in [-0.25, -0.2) is 0 Å². The van der Waals surface area contributed by atoms with E-state index in [1.165, 1.54) is 12.8 Å². The highest BCUT2D eigenvalue weighted by Crippen LogP contribution is 2.26. The van der Waals surface area contributed by atoms with Crippen molar-refractivity contribution in [2.45, 2.75) is 70.9 Å². The van der Waals surface area contributed by atoms with Crippen molar-refractivity contribution in [2.24, 2.45) is 5.92 Å². The van der Waals surface area contributed by atoms with E-state index in [1.54, 1.807) is 11.8 Å². The largest absolute Gasteiger partial charge is 0.480 e. The lowest BCUT2D eigenvalue weighted by Crippen LogP contribution is -2.53. The zero-order valence-electron chi connectivity index (χ0n) is 13.8. The number of rotatable bonds is 7. The van der Waals surface area contributed by atoms with Crippen molar-refractivity contribution >= 4 is 11.9 Å². The van der Waals surface area contributed by atoms with Crippen molar-refractivity contribution < 1.29 is 14.7 Å². The van der Waals surface area contributed by atoms with Gasteiger partial charge < -0.3 is 10.0 Å². The maximum absolute atomic E-state index is 12.3. The van der Waals surface area contributed by atoms with Crippen molar-refractivity contribution in [1.82, 2.24) is 10.2 Å². The van der Waals surface area contributed by atoms with Crippen LogP contribution in [0.15, 0.2) is 0 Å². The third-order valence-corrected chi connectivity index (χ3v) is 4.78. The van der Waals surface area contributed by atoms with Crippen LogP contribution < -0.4 is 5.32 Å². The minimum Gasteiger partial charge on any atom is -0.480 e. The summed E-state index contributed by atoms with van der Waals surface area (Å²) in [6, 6.07) is 0.303. The molecule has 5 nitrogen and oxygen atoms in total. The van der Waals surface area contributed by atoms with Gasteiger partial charge in [0.15, 0.2) is 0 Å². The molecule has 0 heterocycles. The molecular formula is C16H30N2O3. The Hall–Kier alpha value is -1.10. The SMILES string of the molecule is CCCC(C)(NCC(=O)N(C)C1CCC(C)CC1)C(=O)O. The van der Waals surface area contributed by atoms with E-state index in [2.05, 4.69) is 12.2 Å². The van der Waals surface area contributed by atoms with Crippen molar-refractivity contribution in [2.75, 3.05) is 13.6 Å². The van der Waals surface area contributed by atoms with Crippen LogP contribution in [-0.2, 0) is 9.59 Å². The number of hydrogen-bond acceptors (Lipinski definition) is 3. The first kappa shape index (κ1) is 18.0. The molecule has 0 bridgehead atoms. The van der Waals surface area contributed by atoms with Crippen molar-refractivity contribution in [1.29, 1.82) is 0 Å². The number of likely N-dealkylation sites (N-methyl/N-ethyl adjacent to an activating group) is 1. The average Bonchev–Trinajstić information content (AvgIpc) is 2.45. The van der Waals surface area contributed by atoms with Gasteiger partial charge >= 0.3 is 5.97 Å². The molecule has 0 aliphatic heterocycles. The van der Waals surface area contributed by atoms with Gasteiger partial charge in [0.1, 0.15) is 5.54 Å². The van der Waals surface area contributed by atoms with Crippen molar-refractivity contribution in [3.8, 4) is 0 Å². The second kappa shape index (κ2) is 7.78. The zero-order valence-corrected chi connectivity index (χ0v) is 13.8. The molecule has 5 heteroatoms. The molecule has 0 aromatic heterocycles. The Bertz CT molecular complexity index is 365. The van der Waals surface area contributed by atoms with Gasteiger partial charge in [0, 0.05) is 13.1 Å². The van der Waals surface area contributed by atoms with Crippen molar-refractivity contribution in [3.05, 3.63) is 0 Å². The lowest BCUT2D eigenvalue weighted by Gasteiger charge is -2.34. The number of carboxylic acid groups (broad SMARTS) is 1. The number of aliphatic carboxylic acids is 1. The number of carbonyl (C=O) groups is 2. The van der Waals surface area contributed by atoms with E-state index < -0.39 is 11.5 Å². The van der Waals surface area contributed by atoms with Gasteiger partial charge in [-0.2, -0.15) is 0 Å². The molecule has 0 saturated heterocycles. The van der Waals surface area contributed by atoms with Crippen LogP contribution in [0, 0.1) is 5.92 Å². The molecule has 0 aromatic carbocycles. The number of nitrogens with zero attached hydrogens (tertiary/aromatic N) is 1. The molecular weight excluding hydrogens is 268 g/mol. The topological polar surface area (TPSA) is 69.6 Å². The number of carboxylic acids is 1. The molecule has 1 aliphatic rings. The van der Waals surface area contributed by atoms with E-state index in [4.69, 9.17) is 0 Å². The Morgan fingerprint density at radius 2 is 1.86 bits per heavy atom. The van der Waals surface area contributed by atoms with Gasteiger partial charge in [-0.05, 0) is 44.9 Å². The molecule has 1 aliphatic carbocycles. The fourth-order valence-corrected chi connectivity index (χ4v) is 3.00. The summed E-state index contributed by atoms with van der Waals surface area (Å²) in [5.41, 5.74) is -1.02. The highest BCUT2D eigenvalue weighted by Gasteiger charge is 2.33. The minimum atomic E-state index is -1.02. The second-order valence-corrected chi connectivity index (χ2v) is 6.66. The molecule has 122 valence electrons. The molecule has 1 saturated carbocycles. The third kappa shape index (κ3) is 4.99. The molecule has 1 atom stereocenters. The molecule has 1 fully saturated rings. The van der Waals surface area contributed by atoms with Crippen LogP contribution in [-0.4, -0.2) is 47.1 Å². The number of carbonyl (C=O) groups excluding carboxylic acids is 1. The van der Waals surface area contributed by atoms with Crippen LogP contribution >= 0.6 is 0 Å². The Balaban J connectivity index is 2.50. The van der Waals surface area contributed by atoms with E-state index in [0.717, 1.165) is 25.2 Å². The standard InChI is InChI=1S/C16H30N2O3/c1-5-10-16(3,15(20)21)17-11-14(19)18(4)13-8-6-12(2)7-9-13/h12-13,17H,5-11H2,1-4H3,(H,20,21). The summed E-state index contributed by atoms with van der Waals surface area (Å²) >= 11 is 0. The Labute approximate surface area is 128 Å². The van der Waals surface area contributed by atoms with Crippen LogP contribution in [0.25, 0.3) is 0 Å². The quantitative estimate of drug-likeness (QED) is 0.756. The summed E-state index contributed by atoms with van der Waals surface area (Å²) in [4.78, 5) is 25.4. The van der Waals surface area contributed by atoms with Gasteiger partial charge in [0.05, 0.1) is 6.54 Å². The minimum absolute atomic E-state index is 0.0156. The monoisotopic (exact) mass is 298 g/mol. The Morgan fingerprint density at radius 1 is 1.29 bits per heavy atom. The lowest BCUT2D eigenvalue weighted by molar-refractivity contribution is -0.145. The number of amides is 1. The van der Waals surface area contributed by atoms with E-state index in [0.29, 0.717) is 12.5 Å². The summed E-state index contributed by atoms with van der Waals surface area (Å²) < 4.78 is 0. The summed E-state index contributed by atoms with van der Waals surface area (Å²) in [6.07, 6.45) is 5.71. The zero-order chi connectivity index (χ0) is 16.0. The Kier molecular flexibility index (Phi) is 6.65. The van der Waals surface area contributed by atoms with Gasteiger partial charge in [-0.15, -0.1) is 0 Å². The average molecular weight is 298 g/mol. The third-order valence-electron chi connectivity index (χ3n) is 4.78. The van der Waals surface area contributed by atoms with Gasteiger partial charge in [0.25, 0.3) is 0 Å². The second-order valence-electron chi connectivity index (χ2n) is 6.66. The van der Waals surface area contributed by atoms with Crippen LogP contribution in [0.2, 0.25) is 0 Å². The van der Waals surface area contributed by atoms with Gasteiger partial charge in [0.2, 0.25) is 5.91 Å². The van der Waals surface area contributed by atoms with E-state index in [-0.39, 0.29) is 12.5 Å². The maximum atomic E-state index is 12.3.